The van der Waals surface area contributed by atoms with Crippen molar-refractivity contribution in [1.82, 2.24) is 10.2 Å². The second-order valence-corrected chi connectivity index (χ2v) is 6.88. The van der Waals surface area contributed by atoms with Crippen LogP contribution in [0.2, 0.25) is 5.02 Å². The molecule has 1 fully saturated rings. The standard InChI is InChI=1S/C21H24ClN3O/c1-2-10-23-21(26)18-8-6-17(7-9-18)16-24-11-13-25(14-12-24)20-5-3-4-19(22)15-20/h2-9,15H,1,10-14,16H2,(H,23,26). The van der Waals surface area contributed by atoms with Gasteiger partial charge in [0.05, 0.1) is 0 Å². The molecule has 0 aromatic heterocycles. The molecule has 1 aliphatic heterocycles. The molecule has 0 aliphatic carbocycles. The van der Waals surface area contributed by atoms with E-state index in [1.165, 1.54) is 11.3 Å². The Morgan fingerprint density at radius 3 is 2.50 bits per heavy atom. The first-order valence-electron chi connectivity index (χ1n) is 8.86. The van der Waals surface area contributed by atoms with E-state index < -0.39 is 0 Å². The van der Waals surface area contributed by atoms with E-state index in [0.717, 1.165) is 37.7 Å². The normalized spacial score (nSPS) is 14.9. The fraction of sp³-hybridized carbons (Fsp3) is 0.286. The van der Waals surface area contributed by atoms with Crippen LogP contribution in [0.3, 0.4) is 0 Å². The molecule has 136 valence electrons. The highest BCUT2D eigenvalue weighted by molar-refractivity contribution is 6.30. The van der Waals surface area contributed by atoms with Crippen molar-refractivity contribution >= 4 is 23.2 Å². The fourth-order valence-corrected chi connectivity index (χ4v) is 3.31. The fourth-order valence-electron chi connectivity index (χ4n) is 3.12. The zero-order chi connectivity index (χ0) is 18.4. The van der Waals surface area contributed by atoms with Gasteiger partial charge in [0, 0.05) is 55.5 Å². The van der Waals surface area contributed by atoms with Crippen LogP contribution in [0.1, 0.15) is 15.9 Å². The van der Waals surface area contributed by atoms with Crippen molar-refractivity contribution in [1.29, 1.82) is 0 Å². The molecule has 0 bridgehead atoms. The summed E-state index contributed by atoms with van der Waals surface area (Å²) in [5.74, 6) is -0.0633. The molecule has 0 unspecified atom stereocenters. The minimum Gasteiger partial charge on any atom is -0.369 e. The van der Waals surface area contributed by atoms with Gasteiger partial charge in [-0.05, 0) is 35.9 Å². The number of rotatable bonds is 6. The average Bonchev–Trinajstić information content (AvgIpc) is 2.67. The van der Waals surface area contributed by atoms with Gasteiger partial charge in [0.2, 0.25) is 0 Å². The van der Waals surface area contributed by atoms with Crippen LogP contribution in [0.25, 0.3) is 0 Å². The highest BCUT2D eigenvalue weighted by Gasteiger charge is 2.17. The average molecular weight is 370 g/mol. The minimum absolute atomic E-state index is 0.0633. The van der Waals surface area contributed by atoms with Gasteiger partial charge in [0.1, 0.15) is 0 Å². The van der Waals surface area contributed by atoms with Crippen molar-refractivity contribution in [3.05, 3.63) is 77.3 Å². The lowest BCUT2D eigenvalue weighted by molar-refractivity contribution is 0.0958. The van der Waals surface area contributed by atoms with Crippen LogP contribution in [0.15, 0.2) is 61.2 Å². The third-order valence-corrected chi connectivity index (χ3v) is 4.81. The summed E-state index contributed by atoms with van der Waals surface area (Å²) in [6.45, 7) is 8.98. The van der Waals surface area contributed by atoms with Gasteiger partial charge < -0.3 is 10.2 Å². The monoisotopic (exact) mass is 369 g/mol. The number of anilines is 1. The lowest BCUT2D eigenvalue weighted by Crippen LogP contribution is -2.45. The third-order valence-electron chi connectivity index (χ3n) is 4.57. The summed E-state index contributed by atoms with van der Waals surface area (Å²) in [6, 6.07) is 15.9. The quantitative estimate of drug-likeness (QED) is 0.790. The maximum atomic E-state index is 11.9. The molecule has 2 aromatic rings. The van der Waals surface area contributed by atoms with Crippen LogP contribution in [-0.4, -0.2) is 43.5 Å². The van der Waals surface area contributed by atoms with E-state index >= 15 is 0 Å². The van der Waals surface area contributed by atoms with E-state index in [9.17, 15) is 4.79 Å². The highest BCUT2D eigenvalue weighted by Crippen LogP contribution is 2.21. The Morgan fingerprint density at radius 1 is 1.12 bits per heavy atom. The van der Waals surface area contributed by atoms with Crippen LogP contribution in [0, 0.1) is 0 Å². The Labute approximate surface area is 160 Å². The zero-order valence-electron chi connectivity index (χ0n) is 14.8. The maximum absolute atomic E-state index is 11.9. The summed E-state index contributed by atoms with van der Waals surface area (Å²) in [4.78, 5) is 16.7. The number of carbonyl (C=O) groups is 1. The Balaban J connectivity index is 1.51. The molecule has 4 nitrogen and oxygen atoms in total. The predicted molar refractivity (Wildman–Crippen MR) is 108 cm³/mol. The van der Waals surface area contributed by atoms with E-state index in [4.69, 9.17) is 11.6 Å². The second-order valence-electron chi connectivity index (χ2n) is 6.44. The topological polar surface area (TPSA) is 35.6 Å². The van der Waals surface area contributed by atoms with Gasteiger partial charge in [-0.25, -0.2) is 0 Å². The minimum atomic E-state index is -0.0633. The molecule has 3 rings (SSSR count). The van der Waals surface area contributed by atoms with E-state index in [-0.39, 0.29) is 5.91 Å². The van der Waals surface area contributed by atoms with Crippen molar-refractivity contribution in [3.63, 3.8) is 0 Å². The van der Waals surface area contributed by atoms with Crippen molar-refractivity contribution in [2.45, 2.75) is 6.54 Å². The van der Waals surface area contributed by atoms with E-state index in [1.54, 1.807) is 6.08 Å². The second kappa shape index (κ2) is 8.88. The molecule has 1 N–H and O–H groups in total. The van der Waals surface area contributed by atoms with Gasteiger partial charge >= 0.3 is 0 Å². The Kier molecular flexibility index (Phi) is 6.31. The number of amides is 1. The summed E-state index contributed by atoms with van der Waals surface area (Å²) in [6.07, 6.45) is 1.68. The first-order valence-corrected chi connectivity index (χ1v) is 9.24. The number of nitrogens with zero attached hydrogens (tertiary/aromatic N) is 2. The largest absolute Gasteiger partial charge is 0.369 e. The Bertz CT molecular complexity index is 752. The van der Waals surface area contributed by atoms with E-state index in [2.05, 4.69) is 27.8 Å². The molecule has 1 amide bonds. The number of hydrogen-bond donors (Lipinski definition) is 1. The summed E-state index contributed by atoms with van der Waals surface area (Å²) < 4.78 is 0. The van der Waals surface area contributed by atoms with Crippen LogP contribution < -0.4 is 10.2 Å². The first kappa shape index (κ1) is 18.5. The molecule has 0 radical (unpaired) electrons. The number of halogens is 1. The first-order chi connectivity index (χ1) is 12.7. The molecular weight excluding hydrogens is 346 g/mol. The molecule has 2 aromatic carbocycles. The molecule has 0 atom stereocenters. The third kappa shape index (κ3) is 4.87. The van der Waals surface area contributed by atoms with Gasteiger partial charge in [0.25, 0.3) is 5.91 Å². The molecular formula is C21H24ClN3O. The molecule has 0 saturated carbocycles. The van der Waals surface area contributed by atoms with Crippen LogP contribution >= 0.6 is 11.6 Å². The van der Waals surface area contributed by atoms with Crippen LogP contribution in [0.5, 0.6) is 0 Å². The van der Waals surface area contributed by atoms with Crippen LogP contribution in [-0.2, 0) is 6.54 Å². The Hall–Kier alpha value is -2.30. The molecule has 1 heterocycles. The lowest BCUT2D eigenvalue weighted by Gasteiger charge is -2.36. The van der Waals surface area contributed by atoms with Gasteiger partial charge in [0.15, 0.2) is 0 Å². The maximum Gasteiger partial charge on any atom is 0.251 e. The summed E-state index contributed by atoms with van der Waals surface area (Å²) in [5.41, 5.74) is 3.09. The van der Waals surface area contributed by atoms with Gasteiger partial charge in [-0.15, -0.1) is 6.58 Å². The molecule has 26 heavy (non-hydrogen) atoms. The zero-order valence-corrected chi connectivity index (χ0v) is 15.6. The summed E-state index contributed by atoms with van der Waals surface area (Å²) in [5, 5.41) is 3.57. The molecule has 1 saturated heterocycles. The lowest BCUT2D eigenvalue weighted by atomic mass is 10.1. The van der Waals surface area contributed by atoms with Gasteiger partial charge in [-0.2, -0.15) is 0 Å². The molecule has 1 aliphatic rings. The van der Waals surface area contributed by atoms with Crippen molar-refractivity contribution in [2.75, 3.05) is 37.6 Å². The molecule has 5 heteroatoms. The smallest absolute Gasteiger partial charge is 0.251 e. The van der Waals surface area contributed by atoms with Crippen molar-refractivity contribution in [2.24, 2.45) is 0 Å². The van der Waals surface area contributed by atoms with Crippen LogP contribution in [0.4, 0.5) is 5.69 Å². The number of carbonyl (C=O) groups excluding carboxylic acids is 1. The molecule has 0 spiro atoms. The van der Waals surface area contributed by atoms with Crippen molar-refractivity contribution in [3.8, 4) is 0 Å². The van der Waals surface area contributed by atoms with E-state index in [1.807, 2.05) is 42.5 Å². The SMILES string of the molecule is C=CCNC(=O)c1ccc(CN2CCN(c3cccc(Cl)c3)CC2)cc1. The number of hydrogen-bond acceptors (Lipinski definition) is 3. The highest BCUT2D eigenvalue weighted by atomic mass is 35.5. The Morgan fingerprint density at radius 2 is 1.85 bits per heavy atom. The number of piperazine rings is 1. The predicted octanol–water partition coefficient (Wildman–Crippen LogP) is 3.58. The summed E-state index contributed by atoms with van der Waals surface area (Å²) >= 11 is 6.09. The summed E-state index contributed by atoms with van der Waals surface area (Å²) in [7, 11) is 0. The van der Waals surface area contributed by atoms with Gasteiger partial charge in [-0.1, -0.05) is 35.9 Å². The number of benzene rings is 2. The number of nitrogens with one attached hydrogen (secondary N) is 1. The van der Waals surface area contributed by atoms with Crippen molar-refractivity contribution < 1.29 is 4.79 Å². The van der Waals surface area contributed by atoms with E-state index in [0.29, 0.717) is 12.1 Å². The van der Waals surface area contributed by atoms with Gasteiger partial charge in [-0.3, -0.25) is 9.69 Å².